The lowest BCUT2D eigenvalue weighted by Gasteiger charge is -2.26. The van der Waals surface area contributed by atoms with Crippen LogP contribution in [0.4, 0.5) is 0 Å². The van der Waals surface area contributed by atoms with Crippen molar-refractivity contribution >= 4 is 17.9 Å². The molecule has 336 valence electrons. The first kappa shape index (κ1) is 55.0. The third-order valence-corrected chi connectivity index (χ3v) is 10.5. The van der Waals surface area contributed by atoms with E-state index in [2.05, 4.69) is 26.0 Å². The van der Waals surface area contributed by atoms with Crippen LogP contribution in [-0.4, -0.2) is 82.3 Å². The Morgan fingerprint density at radius 3 is 1.30 bits per heavy atom. The number of carbonyl (C=O) groups is 3. The highest BCUT2D eigenvalue weighted by Crippen LogP contribution is 2.16. The van der Waals surface area contributed by atoms with Crippen molar-refractivity contribution in [3.63, 3.8) is 0 Å². The van der Waals surface area contributed by atoms with E-state index in [9.17, 15) is 19.5 Å². The van der Waals surface area contributed by atoms with E-state index in [1.54, 1.807) is 0 Å². The lowest BCUT2D eigenvalue weighted by molar-refractivity contribution is -0.870. The van der Waals surface area contributed by atoms with Crippen LogP contribution < -0.4 is 5.11 Å². The molecule has 0 spiro atoms. The maximum atomic E-state index is 12.7. The Labute approximate surface area is 351 Å². The molecule has 0 radical (unpaired) electrons. The Morgan fingerprint density at radius 1 is 0.509 bits per heavy atom. The van der Waals surface area contributed by atoms with Crippen molar-refractivity contribution < 1.29 is 42.9 Å². The number of quaternary nitrogens is 1. The molecule has 0 aliphatic carbocycles. The third kappa shape index (κ3) is 42.0. The fourth-order valence-corrected chi connectivity index (χ4v) is 6.77. The van der Waals surface area contributed by atoms with Crippen LogP contribution in [0.25, 0.3) is 0 Å². The van der Waals surface area contributed by atoms with Crippen molar-refractivity contribution in [2.75, 3.05) is 47.5 Å². The van der Waals surface area contributed by atoms with E-state index in [0.29, 0.717) is 23.9 Å². The van der Waals surface area contributed by atoms with E-state index in [1.165, 1.54) is 135 Å². The fraction of sp³-hybridized carbons (Fsp3) is 0.896. The lowest BCUT2D eigenvalue weighted by atomic mass is 10.0. The van der Waals surface area contributed by atoms with Crippen molar-refractivity contribution in [2.24, 2.45) is 0 Å². The van der Waals surface area contributed by atoms with Gasteiger partial charge in [0.1, 0.15) is 13.2 Å². The zero-order valence-corrected chi connectivity index (χ0v) is 38.0. The topological polar surface area (TPSA) is 111 Å². The van der Waals surface area contributed by atoms with Crippen molar-refractivity contribution in [2.45, 2.75) is 232 Å². The summed E-state index contributed by atoms with van der Waals surface area (Å²) in [5, 5.41) is 11.7. The van der Waals surface area contributed by atoms with Gasteiger partial charge in [-0.1, -0.05) is 180 Å². The molecule has 0 amide bonds. The van der Waals surface area contributed by atoms with E-state index < -0.39 is 24.3 Å². The van der Waals surface area contributed by atoms with Crippen LogP contribution >= 0.6 is 0 Å². The Bertz CT molecular complexity index is 949. The van der Waals surface area contributed by atoms with Gasteiger partial charge in [0.05, 0.1) is 40.3 Å². The van der Waals surface area contributed by atoms with Crippen molar-refractivity contribution in [1.82, 2.24) is 0 Å². The van der Waals surface area contributed by atoms with Crippen molar-refractivity contribution in [3.8, 4) is 0 Å². The molecule has 0 bridgehead atoms. The molecule has 2 unspecified atom stereocenters. The van der Waals surface area contributed by atoms with Gasteiger partial charge in [-0.25, -0.2) is 0 Å². The average Bonchev–Trinajstić information content (AvgIpc) is 3.17. The normalized spacial score (nSPS) is 12.9. The monoisotopic (exact) mass is 810 g/mol. The van der Waals surface area contributed by atoms with Crippen LogP contribution in [0.15, 0.2) is 12.2 Å². The first-order chi connectivity index (χ1) is 27.6. The molecule has 0 aromatic rings. The number of aliphatic carboxylic acids is 1. The van der Waals surface area contributed by atoms with Gasteiger partial charge in [0.15, 0.2) is 12.4 Å². The summed E-state index contributed by atoms with van der Waals surface area (Å²) in [7, 11) is 5.91. The van der Waals surface area contributed by atoms with Crippen molar-refractivity contribution in [3.05, 3.63) is 12.2 Å². The predicted molar refractivity (Wildman–Crippen MR) is 233 cm³/mol. The van der Waals surface area contributed by atoms with Gasteiger partial charge in [-0.3, -0.25) is 9.59 Å². The number of likely N-dealkylation sites (N-methyl/N-ethyl adjacent to an activating group) is 1. The van der Waals surface area contributed by atoms with E-state index in [-0.39, 0.29) is 32.2 Å². The SMILES string of the molecule is CCCCCCC/C=C\CCCCCCCC(=O)OC(COC(=O)CCCCCCCCCCCCCCCCCCCC)COC(OCC[N+](C)(C)C)C(=O)[O-]. The summed E-state index contributed by atoms with van der Waals surface area (Å²) in [6.07, 6.45) is 39.5. The molecule has 0 saturated heterocycles. The number of hydrogen-bond acceptors (Lipinski definition) is 8. The molecule has 57 heavy (non-hydrogen) atoms. The van der Waals surface area contributed by atoms with Gasteiger partial charge in [-0.15, -0.1) is 0 Å². The van der Waals surface area contributed by atoms with Crippen LogP contribution in [0, 0.1) is 0 Å². The van der Waals surface area contributed by atoms with Crippen LogP contribution in [0.1, 0.15) is 219 Å². The second-order valence-corrected chi connectivity index (χ2v) is 17.4. The summed E-state index contributed by atoms with van der Waals surface area (Å²) in [5.41, 5.74) is 0. The number of esters is 2. The Balaban J connectivity index is 4.36. The summed E-state index contributed by atoms with van der Waals surface area (Å²) >= 11 is 0. The second kappa shape index (κ2) is 40.8. The predicted octanol–water partition coefficient (Wildman–Crippen LogP) is 11.3. The molecule has 9 heteroatoms. The summed E-state index contributed by atoms with van der Waals surface area (Å²) < 4.78 is 22.6. The van der Waals surface area contributed by atoms with Crippen LogP contribution in [-0.2, 0) is 33.3 Å². The van der Waals surface area contributed by atoms with Gasteiger partial charge in [-0.05, 0) is 38.5 Å². The smallest absolute Gasteiger partial charge is 0.306 e. The molecule has 0 fully saturated rings. The third-order valence-electron chi connectivity index (χ3n) is 10.5. The molecule has 2 atom stereocenters. The minimum Gasteiger partial charge on any atom is -0.545 e. The fourth-order valence-electron chi connectivity index (χ4n) is 6.77. The number of allylic oxidation sites excluding steroid dienone is 2. The second-order valence-electron chi connectivity index (χ2n) is 17.4. The van der Waals surface area contributed by atoms with E-state index in [1.807, 2.05) is 21.1 Å². The quantitative estimate of drug-likeness (QED) is 0.0197. The van der Waals surface area contributed by atoms with E-state index in [4.69, 9.17) is 18.9 Å². The highest BCUT2D eigenvalue weighted by atomic mass is 16.7. The largest absolute Gasteiger partial charge is 0.545 e. The lowest BCUT2D eigenvalue weighted by Crippen LogP contribution is -2.44. The molecule has 0 rings (SSSR count). The van der Waals surface area contributed by atoms with Crippen molar-refractivity contribution in [1.29, 1.82) is 0 Å². The van der Waals surface area contributed by atoms with Crippen LogP contribution in [0.3, 0.4) is 0 Å². The van der Waals surface area contributed by atoms with Gasteiger partial charge < -0.3 is 33.3 Å². The Hall–Kier alpha value is -1.97. The molecule has 0 aliphatic heterocycles. The average molecular weight is 810 g/mol. The summed E-state index contributed by atoms with van der Waals surface area (Å²) in [5.74, 6) is -2.28. The highest BCUT2D eigenvalue weighted by molar-refractivity contribution is 5.70. The van der Waals surface area contributed by atoms with Gasteiger partial charge in [0.25, 0.3) is 0 Å². The van der Waals surface area contributed by atoms with E-state index >= 15 is 0 Å². The summed E-state index contributed by atoms with van der Waals surface area (Å²) in [6.45, 7) is 4.75. The number of carboxylic acid groups (broad SMARTS) is 1. The molecular formula is C48H91NO8. The number of hydrogen-bond donors (Lipinski definition) is 0. The van der Waals surface area contributed by atoms with Gasteiger partial charge in [-0.2, -0.15) is 0 Å². The first-order valence-corrected chi connectivity index (χ1v) is 23.8. The first-order valence-electron chi connectivity index (χ1n) is 23.8. The molecule has 0 aromatic carbocycles. The molecule has 9 nitrogen and oxygen atoms in total. The zero-order chi connectivity index (χ0) is 42.1. The zero-order valence-electron chi connectivity index (χ0n) is 38.0. The molecular weight excluding hydrogens is 719 g/mol. The van der Waals surface area contributed by atoms with Crippen LogP contribution in [0.2, 0.25) is 0 Å². The molecule has 0 heterocycles. The summed E-state index contributed by atoms with van der Waals surface area (Å²) in [6, 6.07) is 0. The molecule has 0 aromatic heterocycles. The number of nitrogens with zero attached hydrogens (tertiary/aromatic N) is 1. The number of carboxylic acids is 1. The minimum absolute atomic E-state index is 0.149. The van der Waals surface area contributed by atoms with E-state index in [0.717, 1.165) is 51.4 Å². The number of ether oxygens (including phenoxy) is 4. The minimum atomic E-state index is -1.62. The van der Waals surface area contributed by atoms with Gasteiger partial charge >= 0.3 is 11.9 Å². The molecule has 0 saturated carbocycles. The standard InChI is InChI=1S/C48H91NO8/c1-6-8-10-12-14-16-18-20-22-23-24-25-27-28-30-32-34-36-38-45(50)55-42-44(43-56-48(47(52)53)54-41-40-49(3,4)5)57-46(51)39-37-35-33-31-29-26-21-19-17-15-13-11-9-7-2/h19,21,44,48H,6-18,20,22-43H2,1-5H3/b21-19-. The number of carbonyl (C=O) groups excluding carboxylic acids is 3. The number of unbranched alkanes of at least 4 members (excludes halogenated alkanes) is 27. The van der Waals surface area contributed by atoms with Gasteiger partial charge in [0.2, 0.25) is 0 Å². The Kier molecular flexibility index (Phi) is 39.4. The van der Waals surface area contributed by atoms with Gasteiger partial charge in [0, 0.05) is 12.8 Å². The highest BCUT2D eigenvalue weighted by Gasteiger charge is 2.21. The molecule has 0 aliphatic rings. The Morgan fingerprint density at radius 2 is 0.895 bits per heavy atom. The maximum absolute atomic E-state index is 12.7. The molecule has 0 N–H and O–H groups in total. The number of rotatable bonds is 44. The summed E-state index contributed by atoms with van der Waals surface area (Å²) in [4.78, 5) is 37.0. The van der Waals surface area contributed by atoms with Crippen LogP contribution in [0.5, 0.6) is 0 Å². The maximum Gasteiger partial charge on any atom is 0.306 e.